The van der Waals surface area contributed by atoms with Crippen molar-refractivity contribution in [3.8, 4) is 0 Å². The van der Waals surface area contributed by atoms with Gasteiger partial charge in [-0.1, -0.05) is 30.3 Å². The molecule has 0 aliphatic heterocycles. The van der Waals surface area contributed by atoms with Gasteiger partial charge in [0, 0.05) is 6.08 Å². The number of nitro groups is 1. The minimum Gasteiger partial charge on any atom is -0.269 e. The van der Waals surface area contributed by atoms with Crippen LogP contribution in [0.25, 0.3) is 12.2 Å². The topological polar surface area (TPSA) is 106 Å². The summed E-state index contributed by atoms with van der Waals surface area (Å²) >= 11 is 0. The maximum atomic E-state index is 13.1. The van der Waals surface area contributed by atoms with Crippen molar-refractivity contribution in [1.29, 1.82) is 0 Å². The van der Waals surface area contributed by atoms with Gasteiger partial charge in [-0.05, 0) is 29.8 Å². The highest BCUT2D eigenvalue weighted by Crippen LogP contribution is 2.21. The highest BCUT2D eigenvalue weighted by Gasteiger charge is 2.14. The zero-order valence-corrected chi connectivity index (χ0v) is 14.0. The van der Waals surface area contributed by atoms with Crippen molar-refractivity contribution in [2.24, 2.45) is 0 Å². The quantitative estimate of drug-likeness (QED) is 0.474. The Morgan fingerprint density at radius 3 is 2.46 bits per heavy atom. The number of rotatable bonds is 6. The monoisotopic (exact) mass is 376 g/mol. The Morgan fingerprint density at radius 1 is 1.12 bits per heavy atom. The summed E-state index contributed by atoms with van der Waals surface area (Å²) in [5, 5.41) is 11.7. The predicted molar refractivity (Wildman–Crippen MR) is 94.6 cm³/mol. The molecule has 0 atom stereocenters. The van der Waals surface area contributed by atoms with E-state index in [9.17, 15) is 27.7 Å². The van der Waals surface area contributed by atoms with Crippen LogP contribution in [0.2, 0.25) is 0 Å². The van der Waals surface area contributed by atoms with Crippen LogP contribution in [0.3, 0.4) is 0 Å². The number of benzene rings is 2. The molecule has 7 nitrogen and oxygen atoms in total. The third-order valence-corrected chi connectivity index (χ3v) is 4.07. The molecule has 2 aromatic rings. The smallest absolute Gasteiger partial charge is 0.269 e. The third kappa shape index (κ3) is 5.64. The Morgan fingerprint density at radius 2 is 1.81 bits per heavy atom. The Kier molecular flexibility index (Phi) is 5.97. The first kappa shape index (κ1) is 19.0. The van der Waals surface area contributed by atoms with Crippen molar-refractivity contribution in [2.75, 3.05) is 0 Å². The van der Waals surface area contributed by atoms with Gasteiger partial charge in [-0.15, -0.1) is 0 Å². The van der Waals surface area contributed by atoms with Crippen molar-refractivity contribution in [3.05, 3.63) is 87.1 Å². The Bertz CT molecular complexity index is 985. The summed E-state index contributed by atoms with van der Waals surface area (Å²) in [6.45, 7) is 0. The first-order valence-corrected chi connectivity index (χ1v) is 8.73. The lowest BCUT2D eigenvalue weighted by molar-refractivity contribution is -0.385. The molecule has 2 rings (SSSR count). The fraction of sp³-hybridized carbons (Fsp3) is 0. The van der Waals surface area contributed by atoms with Crippen LogP contribution in [0, 0.1) is 15.9 Å². The lowest BCUT2D eigenvalue weighted by Gasteiger charge is -2.00. The molecule has 0 aliphatic carbocycles. The van der Waals surface area contributed by atoms with E-state index in [1.54, 1.807) is 35.1 Å². The van der Waals surface area contributed by atoms with Gasteiger partial charge in [0.1, 0.15) is 5.82 Å². The summed E-state index contributed by atoms with van der Waals surface area (Å²) in [7, 11) is -4.04. The van der Waals surface area contributed by atoms with E-state index in [2.05, 4.69) is 0 Å². The van der Waals surface area contributed by atoms with Crippen LogP contribution in [0.5, 0.6) is 0 Å². The SMILES string of the molecule is O=C(/C=C\c1ccc(F)cc1[N+](=O)[O-])NS(=O)(=O)/C=C/c1ccccc1. The summed E-state index contributed by atoms with van der Waals surface area (Å²) in [5.41, 5.74) is 0.0486. The average Bonchev–Trinajstić information content (AvgIpc) is 2.59. The summed E-state index contributed by atoms with van der Waals surface area (Å²) < 4.78 is 38.5. The molecular weight excluding hydrogens is 363 g/mol. The summed E-state index contributed by atoms with van der Waals surface area (Å²) in [5.74, 6) is -1.80. The molecule has 0 unspecified atom stereocenters. The molecule has 1 N–H and O–H groups in total. The van der Waals surface area contributed by atoms with Crippen LogP contribution in [0.15, 0.2) is 60.0 Å². The second-order valence-electron chi connectivity index (χ2n) is 5.02. The molecule has 0 aromatic heterocycles. The number of nitrogens with one attached hydrogen (secondary N) is 1. The van der Waals surface area contributed by atoms with E-state index in [1.165, 1.54) is 6.08 Å². The number of halogens is 1. The Labute approximate surface area is 148 Å². The molecule has 0 saturated carbocycles. The first-order valence-electron chi connectivity index (χ1n) is 7.19. The molecule has 9 heteroatoms. The number of amides is 1. The first-order chi connectivity index (χ1) is 12.3. The fourth-order valence-corrected chi connectivity index (χ4v) is 2.67. The minimum atomic E-state index is -4.04. The van der Waals surface area contributed by atoms with Crippen molar-refractivity contribution < 1.29 is 22.5 Å². The van der Waals surface area contributed by atoms with Crippen LogP contribution in [-0.4, -0.2) is 19.2 Å². The Balaban J connectivity index is 2.09. The van der Waals surface area contributed by atoms with Crippen molar-refractivity contribution in [1.82, 2.24) is 4.72 Å². The molecule has 1 amide bonds. The summed E-state index contributed by atoms with van der Waals surface area (Å²) in [6, 6.07) is 11.4. The van der Waals surface area contributed by atoms with Crippen LogP contribution in [-0.2, 0) is 14.8 Å². The van der Waals surface area contributed by atoms with E-state index in [4.69, 9.17) is 0 Å². The molecule has 0 radical (unpaired) electrons. The van der Waals surface area contributed by atoms with Gasteiger partial charge in [0.2, 0.25) is 0 Å². The van der Waals surface area contributed by atoms with Gasteiger partial charge in [-0.2, -0.15) is 0 Å². The van der Waals surface area contributed by atoms with E-state index in [0.717, 1.165) is 29.7 Å². The molecule has 0 fully saturated rings. The predicted octanol–water partition coefficient (Wildman–Crippen LogP) is 2.86. The molecule has 0 heterocycles. The average molecular weight is 376 g/mol. The largest absolute Gasteiger partial charge is 0.279 e. The number of carbonyl (C=O) groups excluding carboxylic acids is 1. The zero-order chi connectivity index (χ0) is 19.2. The second kappa shape index (κ2) is 8.17. The Hall–Kier alpha value is -3.33. The van der Waals surface area contributed by atoms with Gasteiger partial charge in [0.25, 0.3) is 21.6 Å². The van der Waals surface area contributed by atoms with E-state index in [-0.39, 0.29) is 5.56 Å². The number of sulfonamides is 1. The van der Waals surface area contributed by atoms with Gasteiger partial charge < -0.3 is 0 Å². The lowest BCUT2D eigenvalue weighted by Crippen LogP contribution is -2.26. The molecule has 0 saturated heterocycles. The van der Waals surface area contributed by atoms with Crippen LogP contribution < -0.4 is 4.72 Å². The number of hydrogen-bond donors (Lipinski definition) is 1. The standard InChI is InChI=1S/C17H13FN2O5S/c18-15-8-6-14(16(12-15)20(22)23)7-9-17(21)19-26(24,25)11-10-13-4-2-1-3-5-13/h1-12H,(H,19,21)/b9-7-,11-10+. The number of carbonyl (C=O) groups is 1. The van der Waals surface area contributed by atoms with Gasteiger partial charge >= 0.3 is 0 Å². The summed E-state index contributed by atoms with van der Waals surface area (Å²) in [6.07, 6.45) is 3.15. The van der Waals surface area contributed by atoms with Crippen LogP contribution in [0.1, 0.15) is 11.1 Å². The van der Waals surface area contributed by atoms with Crippen molar-refractivity contribution in [2.45, 2.75) is 0 Å². The molecule has 0 bridgehead atoms. The third-order valence-electron chi connectivity index (χ3n) is 3.09. The number of nitro benzene ring substituents is 1. The molecule has 0 spiro atoms. The minimum absolute atomic E-state index is 0.0382. The molecule has 0 aliphatic rings. The number of hydrogen-bond acceptors (Lipinski definition) is 5. The van der Waals surface area contributed by atoms with E-state index < -0.39 is 32.4 Å². The summed E-state index contributed by atoms with van der Waals surface area (Å²) in [4.78, 5) is 21.8. The van der Waals surface area contributed by atoms with Crippen molar-refractivity contribution >= 4 is 33.8 Å². The van der Waals surface area contributed by atoms with Crippen LogP contribution >= 0.6 is 0 Å². The second-order valence-corrected chi connectivity index (χ2v) is 6.58. The van der Waals surface area contributed by atoms with Crippen molar-refractivity contribution in [3.63, 3.8) is 0 Å². The number of nitrogens with zero attached hydrogens (tertiary/aromatic N) is 1. The van der Waals surface area contributed by atoms with E-state index in [0.29, 0.717) is 11.6 Å². The van der Waals surface area contributed by atoms with Gasteiger partial charge in [-0.25, -0.2) is 17.5 Å². The van der Waals surface area contributed by atoms with Gasteiger partial charge in [-0.3, -0.25) is 14.9 Å². The lowest BCUT2D eigenvalue weighted by atomic mass is 10.1. The van der Waals surface area contributed by atoms with Gasteiger partial charge in [0.05, 0.1) is 22.0 Å². The normalized spacial score (nSPS) is 11.7. The van der Waals surface area contributed by atoms with Crippen LogP contribution in [0.4, 0.5) is 10.1 Å². The van der Waals surface area contributed by atoms with Gasteiger partial charge in [0.15, 0.2) is 0 Å². The maximum Gasteiger partial charge on any atom is 0.279 e. The fourth-order valence-electron chi connectivity index (χ4n) is 1.92. The van der Waals surface area contributed by atoms with E-state index >= 15 is 0 Å². The molecule has 134 valence electrons. The highest BCUT2D eigenvalue weighted by molar-refractivity contribution is 7.93. The molecule has 2 aromatic carbocycles. The molecular formula is C17H13FN2O5S. The van der Waals surface area contributed by atoms with E-state index in [1.807, 2.05) is 0 Å². The molecule has 26 heavy (non-hydrogen) atoms. The highest BCUT2D eigenvalue weighted by atomic mass is 32.2. The zero-order valence-electron chi connectivity index (χ0n) is 13.2. The maximum absolute atomic E-state index is 13.1.